The van der Waals surface area contributed by atoms with Gasteiger partial charge in [-0.1, -0.05) is 0 Å². The number of carbonyl (C=O) groups excluding carboxylic acids is 1. The Morgan fingerprint density at radius 1 is 1.70 bits per heavy atom. The van der Waals surface area contributed by atoms with E-state index in [-0.39, 0.29) is 6.61 Å². The van der Waals surface area contributed by atoms with Crippen LogP contribution in [-0.2, 0) is 4.79 Å². The van der Waals surface area contributed by atoms with Crippen LogP contribution in [0.25, 0.3) is 0 Å². The Hall–Kier alpha value is -1.38. The third kappa shape index (κ3) is 1.85. The van der Waals surface area contributed by atoms with E-state index < -0.39 is 0 Å². The quantitative estimate of drug-likeness (QED) is 0.609. The Balaban J connectivity index is 2.50. The third-order valence-electron chi connectivity index (χ3n) is 0.932. The normalized spacial score (nSPS) is 8.80. The van der Waals surface area contributed by atoms with Crippen LogP contribution in [0.2, 0.25) is 0 Å². The fraction of sp³-hybridized carbons (Fsp3) is 0.143. The van der Waals surface area contributed by atoms with Crippen molar-refractivity contribution >= 4 is 6.29 Å². The van der Waals surface area contributed by atoms with Gasteiger partial charge in [0, 0.05) is 6.20 Å². The molecule has 0 atom stereocenters. The molecule has 51 valence electrons. The van der Waals surface area contributed by atoms with Crippen LogP contribution in [0.1, 0.15) is 0 Å². The Kier molecular flexibility index (Phi) is 2.43. The number of hydrogen-bond donors (Lipinski definition) is 0. The van der Waals surface area contributed by atoms with E-state index in [1.165, 1.54) is 6.20 Å². The summed E-state index contributed by atoms with van der Waals surface area (Å²) < 4.78 is 4.87. The molecule has 0 unspecified atom stereocenters. The van der Waals surface area contributed by atoms with Crippen LogP contribution in [0.4, 0.5) is 0 Å². The minimum Gasteiger partial charge on any atom is -0.484 e. The van der Waals surface area contributed by atoms with Gasteiger partial charge in [-0.15, -0.1) is 0 Å². The molecule has 1 radical (unpaired) electrons. The van der Waals surface area contributed by atoms with Crippen molar-refractivity contribution in [3.05, 3.63) is 24.5 Å². The van der Waals surface area contributed by atoms with Crippen molar-refractivity contribution in [3.63, 3.8) is 0 Å². The molecule has 0 amide bonds. The SMILES string of the molecule is O=[C]COc1cccnc1. The smallest absolute Gasteiger partial charge is 0.239 e. The molecule has 0 aromatic carbocycles. The lowest BCUT2D eigenvalue weighted by Crippen LogP contribution is -1.97. The zero-order chi connectivity index (χ0) is 7.23. The van der Waals surface area contributed by atoms with Crippen LogP contribution in [0.5, 0.6) is 5.75 Å². The molecule has 0 saturated heterocycles. The van der Waals surface area contributed by atoms with Gasteiger partial charge in [-0.25, -0.2) is 0 Å². The van der Waals surface area contributed by atoms with Crippen LogP contribution < -0.4 is 4.74 Å². The molecular weight excluding hydrogens is 130 g/mol. The van der Waals surface area contributed by atoms with E-state index in [9.17, 15) is 4.79 Å². The fourth-order valence-electron chi connectivity index (χ4n) is 0.545. The first-order valence-corrected chi connectivity index (χ1v) is 2.81. The highest BCUT2D eigenvalue weighted by atomic mass is 16.5. The molecule has 1 heterocycles. The van der Waals surface area contributed by atoms with Gasteiger partial charge in [0.05, 0.1) is 6.20 Å². The van der Waals surface area contributed by atoms with Crippen molar-refractivity contribution in [2.45, 2.75) is 0 Å². The maximum absolute atomic E-state index is 9.71. The van der Waals surface area contributed by atoms with Gasteiger partial charge >= 0.3 is 0 Å². The molecule has 0 N–H and O–H groups in total. The predicted molar refractivity (Wildman–Crippen MR) is 35.4 cm³/mol. The summed E-state index contributed by atoms with van der Waals surface area (Å²) in [6.07, 6.45) is 4.79. The lowest BCUT2D eigenvalue weighted by atomic mass is 10.5. The first-order chi connectivity index (χ1) is 4.93. The Morgan fingerprint density at radius 2 is 2.60 bits per heavy atom. The number of rotatable bonds is 3. The van der Waals surface area contributed by atoms with Crippen molar-refractivity contribution < 1.29 is 9.53 Å². The van der Waals surface area contributed by atoms with E-state index in [0.29, 0.717) is 5.75 Å². The summed E-state index contributed by atoms with van der Waals surface area (Å²) in [5.74, 6) is 0.589. The van der Waals surface area contributed by atoms with E-state index in [2.05, 4.69) is 4.98 Å². The summed E-state index contributed by atoms with van der Waals surface area (Å²) >= 11 is 0. The number of nitrogens with zero attached hydrogens (tertiary/aromatic N) is 1. The Morgan fingerprint density at radius 3 is 3.20 bits per heavy atom. The minimum absolute atomic E-state index is 0.0360. The lowest BCUT2D eigenvalue weighted by molar-refractivity contribution is 0.363. The van der Waals surface area contributed by atoms with Crippen molar-refractivity contribution in [1.29, 1.82) is 0 Å². The largest absolute Gasteiger partial charge is 0.484 e. The molecule has 0 aliphatic carbocycles. The molecule has 3 nitrogen and oxygen atoms in total. The Bertz CT molecular complexity index is 198. The van der Waals surface area contributed by atoms with Crippen LogP contribution in [0, 0.1) is 0 Å². The monoisotopic (exact) mass is 136 g/mol. The molecule has 1 rings (SSSR count). The molecule has 3 heteroatoms. The lowest BCUT2D eigenvalue weighted by Gasteiger charge is -1.97. The highest BCUT2D eigenvalue weighted by molar-refractivity contribution is 5.52. The molecular formula is C7H6NO2. The van der Waals surface area contributed by atoms with Crippen LogP contribution in [0.3, 0.4) is 0 Å². The van der Waals surface area contributed by atoms with Gasteiger partial charge in [-0.05, 0) is 12.1 Å². The maximum Gasteiger partial charge on any atom is 0.239 e. The molecule has 0 aliphatic heterocycles. The van der Waals surface area contributed by atoms with E-state index in [1.807, 2.05) is 0 Å². The third-order valence-corrected chi connectivity index (χ3v) is 0.932. The zero-order valence-electron chi connectivity index (χ0n) is 5.28. The van der Waals surface area contributed by atoms with Gasteiger partial charge in [0.2, 0.25) is 6.29 Å². The standard InChI is InChI=1S/C7H6NO2/c9-4-5-10-7-2-1-3-8-6-7/h1-3,6H,5H2. The molecule has 0 aliphatic rings. The van der Waals surface area contributed by atoms with E-state index in [4.69, 9.17) is 4.74 Å². The van der Waals surface area contributed by atoms with Crippen molar-refractivity contribution in [2.24, 2.45) is 0 Å². The topological polar surface area (TPSA) is 39.2 Å². The fourth-order valence-corrected chi connectivity index (χ4v) is 0.545. The average molecular weight is 136 g/mol. The summed E-state index contributed by atoms with van der Waals surface area (Å²) in [6, 6.07) is 3.46. The number of hydrogen-bond acceptors (Lipinski definition) is 3. The van der Waals surface area contributed by atoms with Crippen molar-refractivity contribution in [2.75, 3.05) is 6.61 Å². The summed E-state index contributed by atoms with van der Waals surface area (Å²) in [4.78, 5) is 13.5. The second-order valence-corrected chi connectivity index (χ2v) is 1.62. The van der Waals surface area contributed by atoms with E-state index >= 15 is 0 Å². The Labute approximate surface area is 58.7 Å². The highest BCUT2D eigenvalue weighted by Gasteiger charge is 1.88. The zero-order valence-corrected chi connectivity index (χ0v) is 5.28. The molecule has 0 spiro atoms. The van der Waals surface area contributed by atoms with E-state index in [1.54, 1.807) is 24.6 Å². The van der Waals surface area contributed by atoms with Crippen LogP contribution in [0.15, 0.2) is 24.5 Å². The first-order valence-electron chi connectivity index (χ1n) is 2.81. The molecule has 1 aromatic heterocycles. The number of pyridine rings is 1. The van der Waals surface area contributed by atoms with Crippen molar-refractivity contribution in [3.8, 4) is 5.75 Å². The second kappa shape index (κ2) is 3.61. The molecule has 0 saturated carbocycles. The number of aromatic nitrogens is 1. The second-order valence-electron chi connectivity index (χ2n) is 1.62. The molecule has 10 heavy (non-hydrogen) atoms. The van der Waals surface area contributed by atoms with Gasteiger partial charge in [-0.3, -0.25) is 9.78 Å². The average Bonchev–Trinajstić information content (AvgIpc) is 2.03. The van der Waals surface area contributed by atoms with Gasteiger partial charge in [0.25, 0.3) is 0 Å². The number of ether oxygens (including phenoxy) is 1. The molecule has 0 fully saturated rings. The molecule has 1 aromatic rings. The van der Waals surface area contributed by atoms with Gasteiger partial charge in [-0.2, -0.15) is 0 Å². The van der Waals surface area contributed by atoms with Gasteiger partial charge in [0.1, 0.15) is 5.75 Å². The summed E-state index contributed by atoms with van der Waals surface area (Å²) in [7, 11) is 0. The summed E-state index contributed by atoms with van der Waals surface area (Å²) in [6.45, 7) is -0.0360. The van der Waals surface area contributed by atoms with Crippen LogP contribution >= 0.6 is 0 Å². The first kappa shape index (κ1) is 6.74. The van der Waals surface area contributed by atoms with Crippen LogP contribution in [-0.4, -0.2) is 17.9 Å². The van der Waals surface area contributed by atoms with Crippen molar-refractivity contribution in [1.82, 2.24) is 4.98 Å². The predicted octanol–water partition coefficient (Wildman–Crippen LogP) is 0.570. The minimum atomic E-state index is -0.0360. The van der Waals surface area contributed by atoms with Gasteiger partial charge in [0.15, 0.2) is 6.61 Å². The summed E-state index contributed by atoms with van der Waals surface area (Å²) in [5, 5.41) is 0. The maximum atomic E-state index is 9.71. The summed E-state index contributed by atoms with van der Waals surface area (Å²) in [5.41, 5.74) is 0. The van der Waals surface area contributed by atoms with Gasteiger partial charge < -0.3 is 4.74 Å². The molecule has 0 bridgehead atoms. The van der Waals surface area contributed by atoms with E-state index in [0.717, 1.165) is 0 Å². The highest BCUT2D eigenvalue weighted by Crippen LogP contribution is 2.04.